The Labute approximate surface area is 115 Å². The third-order valence-corrected chi connectivity index (χ3v) is 3.82. The van der Waals surface area contributed by atoms with E-state index >= 15 is 0 Å². The highest BCUT2D eigenvalue weighted by Crippen LogP contribution is 2.27. The van der Waals surface area contributed by atoms with E-state index in [0.29, 0.717) is 18.4 Å². The van der Waals surface area contributed by atoms with Gasteiger partial charge in [-0.2, -0.15) is 0 Å². The van der Waals surface area contributed by atoms with Gasteiger partial charge >= 0.3 is 0 Å². The molecule has 1 fully saturated rings. The van der Waals surface area contributed by atoms with Gasteiger partial charge in [0.2, 0.25) is 0 Å². The lowest BCUT2D eigenvalue weighted by atomic mass is 10.0. The summed E-state index contributed by atoms with van der Waals surface area (Å²) in [5.74, 6) is 2.46. The quantitative estimate of drug-likeness (QED) is 0.857. The fourth-order valence-electron chi connectivity index (χ4n) is 2.66. The first-order valence-corrected chi connectivity index (χ1v) is 7.33. The highest BCUT2D eigenvalue weighted by Gasteiger charge is 2.22. The average Bonchev–Trinajstić information content (AvgIpc) is 2.89. The van der Waals surface area contributed by atoms with Crippen molar-refractivity contribution in [3.8, 4) is 0 Å². The van der Waals surface area contributed by atoms with Crippen LogP contribution in [0.3, 0.4) is 0 Å². The molecule has 1 aliphatic rings. The van der Waals surface area contributed by atoms with Crippen LogP contribution in [0.1, 0.15) is 57.0 Å². The molecule has 4 heteroatoms. The summed E-state index contributed by atoms with van der Waals surface area (Å²) in [5, 5.41) is 13.4. The Morgan fingerprint density at radius 3 is 2.63 bits per heavy atom. The van der Waals surface area contributed by atoms with E-state index < -0.39 is 0 Å². The predicted molar refractivity (Wildman–Crippen MR) is 77.3 cm³/mol. The summed E-state index contributed by atoms with van der Waals surface area (Å²) < 4.78 is 0. The van der Waals surface area contributed by atoms with Crippen LogP contribution < -0.4 is 5.32 Å². The van der Waals surface area contributed by atoms with Crippen molar-refractivity contribution < 1.29 is 5.11 Å². The SMILES string of the molecule is Cc1cc(NCC(O)C2CCCC2)nc(C(C)C)n1. The molecule has 0 radical (unpaired) electrons. The Kier molecular flexibility index (Phi) is 4.75. The molecule has 0 bridgehead atoms. The van der Waals surface area contributed by atoms with Gasteiger partial charge in [0.15, 0.2) is 0 Å². The van der Waals surface area contributed by atoms with E-state index in [1.54, 1.807) is 0 Å². The highest BCUT2D eigenvalue weighted by molar-refractivity contribution is 5.36. The highest BCUT2D eigenvalue weighted by atomic mass is 16.3. The summed E-state index contributed by atoms with van der Waals surface area (Å²) in [6.07, 6.45) is 4.56. The van der Waals surface area contributed by atoms with Gasteiger partial charge in [-0.15, -0.1) is 0 Å². The summed E-state index contributed by atoms with van der Waals surface area (Å²) >= 11 is 0. The number of rotatable bonds is 5. The minimum atomic E-state index is -0.264. The van der Waals surface area contributed by atoms with Gasteiger partial charge < -0.3 is 10.4 Å². The third-order valence-electron chi connectivity index (χ3n) is 3.82. The standard InChI is InChI=1S/C15H25N3O/c1-10(2)15-17-11(3)8-14(18-15)16-9-13(19)12-6-4-5-7-12/h8,10,12-13,19H,4-7,9H2,1-3H3,(H,16,17,18). The van der Waals surface area contributed by atoms with E-state index in [9.17, 15) is 5.11 Å². The summed E-state index contributed by atoms with van der Waals surface area (Å²) in [4.78, 5) is 8.92. The first-order chi connectivity index (χ1) is 9.06. The van der Waals surface area contributed by atoms with Crippen molar-refractivity contribution in [2.45, 2.75) is 58.5 Å². The van der Waals surface area contributed by atoms with Crippen LogP contribution in [0.4, 0.5) is 5.82 Å². The molecular weight excluding hydrogens is 238 g/mol. The minimum Gasteiger partial charge on any atom is -0.391 e. The zero-order chi connectivity index (χ0) is 13.8. The van der Waals surface area contributed by atoms with Crippen LogP contribution in [0.15, 0.2) is 6.07 Å². The lowest BCUT2D eigenvalue weighted by molar-refractivity contribution is 0.122. The molecule has 1 aliphatic carbocycles. The Morgan fingerprint density at radius 2 is 2.00 bits per heavy atom. The van der Waals surface area contributed by atoms with E-state index in [4.69, 9.17) is 0 Å². The number of hydrogen-bond acceptors (Lipinski definition) is 4. The second-order valence-electron chi connectivity index (χ2n) is 5.90. The number of aryl methyl sites for hydroxylation is 1. The molecule has 1 heterocycles. The third kappa shape index (κ3) is 3.90. The van der Waals surface area contributed by atoms with Crippen molar-refractivity contribution >= 4 is 5.82 Å². The van der Waals surface area contributed by atoms with Gasteiger partial charge in [-0.1, -0.05) is 26.7 Å². The maximum Gasteiger partial charge on any atom is 0.133 e. The lowest BCUT2D eigenvalue weighted by Gasteiger charge is -2.19. The van der Waals surface area contributed by atoms with E-state index in [1.165, 1.54) is 12.8 Å². The molecular formula is C15H25N3O. The van der Waals surface area contributed by atoms with Gasteiger partial charge in [0.05, 0.1) is 6.10 Å². The summed E-state index contributed by atoms with van der Waals surface area (Å²) in [6.45, 7) is 6.74. The summed E-state index contributed by atoms with van der Waals surface area (Å²) in [5.41, 5.74) is 0.969. The number of aliphatic hydroxyl groups is 1. The molecule has 106 valence electrons. The van der Waals surface area contributed by atoms with Crippen molar-refractivity contribution in [3.05, 3.63) is 17.6 Å². The van der Waals surface area contributed by atoms with Crippen LogP contribution in [0.5, 0.6) is 0 Å². The molecule has 0 aromatic carbocycles. The monoisotopic (exact) mass is 263 g/mol. The topological polar surface area (TPSA) is 58.0 Å². The predicted octanol–water partition coefficient (Wildman–Crippen LogP) is 2.87. The molecule has 1 atom stereocenters. The molecule has 0 spiro atoms. The van der Waals surface area contributed by atoms with Gasteiger partial charge in [-0.3, -0.25) is 0 Å². The van der Waals surface area contributed by atoms with Gasteiger partial charge in [-0.25, -0.2) is 9.97 Å². The van der Waals surface area contributed by atoms with E-state index in [0.717, 1.165) is 30.2 Å². The lowest BCUT2D eigenvalue weighted by Crippen LogP contribution is -2.27. The van der Waals surface area contributed by atoms with E-state index in [2.05, 4.69) is 29.1 Å². The van der Waals surface area contributed by atoms with Crippen LogP contribution in [0.25, 0.3) is 0 Å². The number of hydrogen-bond donors (Lipinski definition) is 2. The molecule has 1 unspecified atom stereocenters. The fraction of sp³-hybridized carbons (Fsp3) is 0.733. The second kappa shape index (κ2) is 6.33. The van der Waals surface area contributed by atoms with Gasteiger partial charge in [0.25, 0.3) is 0 Å². The van der Waals surface area contributed by atoms with Crippen LogP contribution in [0.2, 0.25) is 0 Å². The number of anilines is 1. The molecule has 0 amide bonds. The smallest absolute Gasteiger partial charge is 0.133 e. The summed E-state index contributed by atoms with van der Waals surface area (Å²) in [6, 6.07) is 1.94. The first kappa shape index (κ1) is 14.3. The fourth-order valence-corrected chi connectivity index (χ4v) is 2.66. The normalized spacial score (nSPS) is 17.9. The zero-order valence-corrected chi connectivity index (χ0v) is 12.2. The van der Waals surface area contributed by atoms with Crippen LogP contribution in [-0.4, -0.2) is 27.7 Å². The largest absolute Gasteiger partial charge is 0.391 e. The minimum absolute atomic E-state index is 0.264. The van der Waals surface area contributed by atoms with Gasteiger partial charge in [0, 0.05) is 24.2 Å². The van der Waals surface area contributed by atoms with Crippen molar-refractivity contribution in [2.75, 3.05) is 11.9 Å². The Bertz CT molecular complexity index is 414. The number of nitrogens with one attached hydrogen (secondary N) is 1. The molecule has 1 saturated carbocycles. The van der Waals surface area contributed by atoms with E-state index in [1.807, 2.05) is 13.0 Å². The Morgan fingerprint density at radius 1 is 1.32 bits per heavy atom. The van der Waals surface area contributed by atoms with E-state index in [-0.39, 0.29) is 6.10 Å². The molecule has 4 nitrogen and oxygen atoms in total. The Hall–Kier alpha value is -1.16. The number of aliphatic hydroxyl groups excluding tert-OH is 1. The Balaban J connectivity index is 1.94. The number of nitrogens with zero attached hydrogens (tertiary/aromatic N) is 2. The molecule has 1 aromatic rings. The maximum absolute atomic E-state index is 10.2. The second-order valence-corrected chi connectivity index (χ2v) is 5.90. The molecule has 2 N–H and O–H groups in total. The van der Waals surface area contributed by atoms with Crippen LogP contribution in [-0.2, 0) is 0 Å². The van der Waals surface area contributed by atoms with Crippen LogP contribution >= 0.6 is 0 Å². The molecule has 0 aliphatic heterocycles. The van der Waals surface area contributed by atoms with Gasteiger partial charge in [-0.05, 0) is 25.7 Å². The average molecular weight is 263 g/mol. The van der Waals surface area contributed by atoms with Crippen LogP contribution in [0, 0.1) is 12.8 Å². The molecule has 1 aromatic heterocycles. The molecule has 2 rings (SSSR count). The van der Waals surface area contributed by atoms with Crippen molar-refractivity contribution in [1.29, 1.82) is 0 Å². The zero-order valence-electron chi connectivity index (χ0n) is 12.2. The molecule has 19 heavy (non-hydrogen) atoms. The number of aromatic nitrogens is 2. The molecule has 0 saturated heterocycles. The summed E-state index contributed by atoms with van der Waals surface area (Å²) in [7, 11) is 0. The van der Waals surface area contributed by atoms with Crippen molar-refractivity contribution in [2.24, 2.45) is 5.92 Å². The maximum atomic E-state index is 10.2. The van der Waals surface area contributed by atoms with Crippen molar-refractivity contribution in [1.82, 2.24) is 9.97 Å². The van der Waals surface area contributed by atoms with Gasteiger partial charge in [0.1, 0.15) is 11.6 Å². The van der Waals surface area contributed by atoms with Crippen molar-refractivity contribution in [3.63, 3.8) is 0 Å². The first-order valence-electron chi connectivity index (χ1n) is 7.33.